The van der Waals surface area contributed by atoms with Crippen LogP contribution in [0.2, 0.25) is 0 Å². The third-order valence-electron chi connectivity index (χ3n) is 4.19. The van der Waals surface area contributed by atoms with Crippen LogP contribution in [0.3, 0.4) is 0 Å². The van der Waals surface area contributed by atoms with E-state index in [1.54, 1.807) is 11.3 Å². The van der Waals surface area contributed by atoms with Crippen molar-refractivity contribution in [3.8, 4) is 0 Å². The minimum Gasteiger partial charge on any atom is -0.375 e. The molecule has 0 spiro atoms. The summed E-state index contributed by atoms with van der Waals surface area (Å²) in [4.78, 5) is 16.9. The van der Waals surface area contributed by atoms with Crippen LogP contribution < -0.4 is 10.6 Å². The summed E-state index contributed by atoms with van der Waals surface area (Å²) in [5, 5.41) is 7.11. The number of benzene rings is 1. The van der Waals surface area contributed by atoms with Crippen molar-refractivity contribution >= 4 is 33.3 Å². The molecule has 0 aliphatic carbocycles. The molecule has 0 unspecified atom stereocenters. The van der Waals surface area contributed by atoms with Gasteiger partial charge in [0.25, 0.3) is 0 Å². The number of carbonyl (C=O) groups is 1. The van der Waals surface area contributed by atoms with Gasteiger partial charge in [-0.25, -0.2) is 9.78 Å². The molecule has 0 bridgehead atoms. The first-order chi connectivity index (χ1) is 11.3. The molecule has 2 aromatic rings. The van der Waals surface area contributed by atoms with Gasteiger partial charge in [0, 0.05) is 24.3 Å². The van der Waals surface area contributed by atoms with Gasteiger partial charge in [-0.1, -0.05) is 13.8 Å². The highest BCUT2D eigenvalue weighted by Crippen LogP contribution is 2.29. The van der Waals surface area contributed by atoms with Gasteiger partial charge in [-0.2, -0.15) is 0 Å². The largest absolute Gasteiger partial charge is 0.375 e. The third kappa shape index (κ3) is 4.05. The van der Waals surface area contributed by atoms with E-state index in [1.165, 1.54) is 0 Å². The van der Waals surface area contributed by atoms with Crippen molar-refractivity contribution in [1.29, 1.82) is 0 Å². The van der Waals surface area contributed by atoms with E-state index >= 15 is 0 Å². The zero-order chi connectivity index (χ0) is 17.3. The van der Waals surface area contributed by atoms with E-state index in [2.05, 4.69) is 43.3 Å². The monoisotopic (exact) mass is 347 g/mol. The highest BCUT2D eigenvalue weighted by Gasteiger charge is 2.29. The zero-order valence-corrected chi connectivity index (χ0v) is 15.5. The van der Waals surface area contributed by atoms with Gasteiger partial charge in [0.1, 0.15) is 0 Å². The summed E-state index contributed by atoms with van der Waals surface area (Å²) in [7, 11) is 0. The van der Waals surface area contributed by atoms with E-state index < -0.39 is 0 Å². The molecule has 1 aliphatic rings. The number of fused-ring (bicyclic) bond motifs is 1. The molecule has 2 N–H and O–H groups in total. The number of hydrogen-bond donors (Lipinski definition) is 2. The fraction of sp³-hybridized carbons (Fsp3) is 0.556. The number of thiazole rings is 1. The highest BCUT2D eigenvalue weighted by molar-refractivity contribution is 7.18. The number of nitrogens with zero attached hydrogens (tertiary/aromatic N) is 1. The molecule has 3 rings (SSSR count). The van der Waals surface area contributed by atoms with Gasteiger partial charge in [0.05, 0.1) is 20.8 Å². The Bertz CT molecular complexity index is 739. The molecule has 1 saturated heterocycles. The molecule has 0 radical (unpaired) electrons. The molecule has 1 fully saturated rings. The number of aromatic nitrogens is 1. The molecule has 2 heterocycles. The fourth-order valence-corrected chi connectivity index (χ4v) is 3.98. The van der Waals surface area contributed by atoms with Crippen LogP contribution in [0.15, 0.2) is 18.2 Å². The van der Waals surface area contributed by atoms with Gasteiger partial charge in [-0.3, -0.25) is 0 Å². The minimum atomic E-state index is -0.176. The van der Waals surface area contributed by atoms with Crippen LogP contribution in [0.4, 0.5) is 10.5 Å². The zero-order valence-electron chi connectivity index (χ0n) is 14.7. The van der Waals surface area contributed by atoms with Gasteiger partial charge >= 0.3 is 6.03 Å². The number of carbonyl (C=O) groups excluding carboxylic acids is 1. The predicted octanol–water partition coefficient (Wildman–Crippen LogP) is 4.50. The summed E-state index contributed by atoms with van der Waals surface area (Å²) in [6, 6.07) is 5.84. The SMILES string of the molecule is CC(C)c1nc2ccc(NC(=O)N[C@H]3CCOC(C)(C)C3)cc2s1. The molecule has 0 saturated carbocycles. The van der Waals surface area contributed by atoms with Crippen molar-refractivity contribution in [2.24, 2.45) is 0 Å². The van der Waals surface area contributed by atoms with E-state index in [4.69, 9.17) is 4.74 Å². The summed E-state index contributed by atoms with van der Waals surface area (Å²) in [5.74, 6) is 0.416. The second-order valence-corrected chi connectivity index (χ2v) is 8.35. The Labute approximate surface area is 146 Å². The lowest BCUT2D eigenvalue weighted by Crippen LogP contribution is -2.47. The maximum absolute atomic E-state index is 12.3. The Morgan fingerprint density at radius 2 is 2.21 bits per heavy atom. The Morgan fingerprint density at radius 3 is 2.92 bits per heavy atom. The number of ether oxygens (including phenoxy) is 1. The Hall–Kier alpha value is -1.66. The summed E-state index contributed by atoms with van der Waals surface area (Å²) in [6.45, 7) is 9.08. The Morgan fingerprint density at radius 1 is 1.42 bits per heavy atom. The van der Waals surface area contributed by atoms with Gasteiger partial charge in [-0.15, -0.1) is 11.3 Å². The molecule has 2 amide bonds. The molecular weight excluding hydrogens is 322 g/mol. The first kappa shape index (κ1) is 17.2. The van der Waals surface area contributed by atoms with Crippen molar-refractivity contribution in [2.45, 2.75) is 58.1 Å². The van der Waals surface area contributed by atoms with E-state index in [-0.39, 0.29) is 17.7 Å². The number of anilines is 1. The second kappa shape index (κ2) is 6.69. The van der Waals surface area contributed by atoms with E-state index in [0.717, 1.165) is 33.8 Å². The Balaban J connectivity index is 1.64. The van der Waals surface area contributed by atoms with E-state index in [0.29, 0.717) is 12.5 Å². The van der Waals surface area contributed by atoms with E-state index in [1.807, 2.05) is 18.2 Å². The lowest BCUT2D eigenvalue weighted by molar-refractivity contribution is -0.0609. The van der Waals surface area contributed by atoms with Crippen LogP contribution in [0.5, 0.6) is 0 Å². The van der Waals surface area contributed by atoms with Crippen molar-refractivity contribution in [3.05, 3.63) is 23.2 Å². The van der Waals surface area contributed by atoms with Crippen LogP contribution in [-0.4, -0.2) is 29.3 Å². The summed E-state index contributed by atoms with van der Waals surface area (Å²) in [5.41, 5.74) is 1.61. The predicted molar refractivity (Wildman–Crippen MR) is 98.9 cm³/mol. The van der Waals surface area contributed by atoms with Gasteiger partial charge in [-0.05, 0) is 44.9 Å². The first-order valence-electron chi connectivity index (χ1n) is 8.44. The molecule has 5 nitrogen and oxygen atoms in total. The molecule has 1 aromatic carbocycles. The van der Waals surface area contributed by atoms with Crippen LogP contribution in [0.25, 0.3) is 10.2 Å². The highest BCUT2D eigenvalue weighted by atomic mass is 32.1. The molecule has 24 heavy (non-hydrogen) atoms. The maximum atomic E-state index is 12.3. The van der Waals surface area contributed by atoms with Gasteiger partial charge < -0.3 is 15.4 Å². The molecule has 1 atom stereocenters. The van der Waals surface area contributed by atoms with Crippen molar-refractivity contribution in [1.82, 2.24) is 10.3 Å². The number of rotatable bonds is 3. The summed E-state index contributed by atoms with van der Waals surface area (Å²) < 4.78 is 6.79. The van der Waals surface area contributed by atoms with Crippen LogP contribution in [-0.2, 0) is 4.74 Å². The number of hydrogen-bond acceptors (Lipinski definition) is 4. The van der Waals surface area contributed by atoms with Crippen LogP contribution in [0.1, 0.15) is 51.5 Å². The minimum absolute atomic E-state index is 0.147. The average molecular weight is 347 g/mol. The summed E-state index contributed by atoms with van der Waals surface area (Å²) >= 11 is 1.68. The molecule has 6 heteroatoms. The average Bonchev–Trinajstić information content (AvgIpc) is 2.89. The van der Waals surface area contributed by atoms with Gasteiger partial charge in [0.15, 0.2) is 0 Å². The number of nitrogens with one attached hydrogen (secondary N) is 2. The van der Waals surface area contributed by atoms with E-state index in [9.17, 15) is 4.79 Å². The fourth-order valence-electron chi connectivity index (χ4n) is 2.97. The second-order valence-electron chi connectivity index (χ2n) is 7.29. The van der Waals surface area contributed by atoms with Crippen molar-refractivity contribution in [2.75, 3.05) is 11.9 Å². The topological polar surface area (TPSA) is 63.2 Å². The quantitative estimate of drug-likeness (QED) is 0.859. The smallest absolute Gasteiger partial charge is 0.319 e. The lowest BCUT2D eigenvalue weighted by Gasteiger charge is -2.35. The third-order valence-corrected chi connectivity index (χ3v) is 5.51. The molecule has 1 aromatic heterocycles. The van der Waals surface area contributed by atoms with Crippen LogP contribution >= 0.6 is 11.3 Å². The summed E-state index contributed by atoms with van der Waals surface area (Å²) in [6.07, 6.45) is 1.68. The number of amides is 2. The molecule has 1 aliphatic heterocycles. The number of urea groups is 1. The van der Waals surface area contributed by atoms with Crippen molar-refractivity contribution < 1.29 is 9.53 Å². The molecular formula is C18H25N3O2S. The standard InChI is InChI=1S/C18H25N3O2S/c1-11(2)16-21-14-6-5-12(9-15(14)24-16)19-17(22)20-13-7-8-23-18(3,4)10-13/h5-6,9,11,13H,7-8,10H2,1-4H3,(H2,19,20,22)/t13-/m0/s1. The first-order valence-corrected chi connectivity index (χ1v) is 9.26. The maximum Gasteiger partial charge on any atom is 0.319 e. The van der Waals surface area contributed by atoms with Gasteiger partial charge in [0.2, 0.25) is 0 Å². The van der Waals surface area contributed by atoms with Crippen LogP contribution in [0, 0.1) is 0 Å². The lowest BCUT2D eigenvalue weighted by atomic mass is 9.94. The van der Waals surface area contributed by atoms with Crippen molar-refractivity contribution in [3.63, 3.8) is 0 Å². The Kier molecular flexibility index (Phi) is 4.78. The normalized spacial score (nSPS) is 20.3. The molecule has 130 valence electrons.